The van der Waals surface area contributed by atoms with Gasteiger partial charge in [-0.05, 0) is 13.3 Å². The van der Waals surface area contributed by atoms with Crippen molar-refractivity contribution in [3.05, 3.63) is 0 Å². The van der Waals surface area contributed by atoms with Gasteiger partial charge in [-0.3, -0.25) is 0 Å². The number of methoxy groups -OCH3 is 1. The summed E-state index contributed by atoms with van der Waals surface area (Å²) >= 11 is 0. The van der Waals surface area contributed by atoms with Crippen molar-refractivity contribution in [3.63, 3.8) is 0 Å². The molecule has 0 amide bonds. The number of unbranched alkanes of at least 4 members (excludes halogenated alkanes) is 2. The smallest absolute Gasteiger partial charge is 0.0772 e. The normalized spacial score (nSPS) is 16.4. The molecule has 0 bridgehead atoms. The van der Waals surface area contributed by atoms with Crippen molar-refractivity contribution in [1.29, 1.82) is 0 Å². The lowest BCUT2D eigenvalue weighted by molar-refractivity contribution is 0.00482. The Balaban J connectivity index is 3.51. The van der Waals surface area contributed by atoms with Crippen molar-refractivity contribution in [3.8, 4) is 0 Å². The van der Waals surface area contributed by atoms with E-state index >= 15 is 0 Å². The predicted molar refractivity (Wildman–Crippen MR) is 48.6 cm³/mol. The summed E-state index contributed by atoms with van der Waals surface area (Å²) in [5.74, 6) is 0. The Kier molecular flexibility index (Phi) is 5.51. The fourth-order valence-electron chi connectivity index (χ4n) is 1.04. The lowest BCUT2D eigenvalue weighted by atomic mass is 9.98. The van der Waals surface area contributed by atoms with Crippen LogP contribution in [0.5, 0.6) is 0 Å². The highest BCUT2D eigenvalue weighted by Crippen LogP contribution is 2.16. The topological polar surface area (TPSA) is 35.2 Å². The number of rotatable bonds is 6. The molecule has 0 saturated heterocycles. The summed E-state index contributed by atoms with van der Waals surface area (Å²) in [6.45, 7) is 4.89. The van der Waals surface area contributed by atoms with Crippen LogP contribution in [-0.2, 0) is 4.74 Å². The predicted octanol–water partition coefficient (Wildman–Crippen LogP) is 1.93. The first kappa shape index (κ1) is 10.9. The monoisotopic (exact) mass is 159 g/mol. The molecule has 0 aliphatic rings. The van der Waals surface area contributed by atoms with Crippen molar-refractivity contribution in [2.45, 2.75) is 45.1 Å². The average molecular weight is 159 g/mol. The molecule has 0 aromatic heterocycles. The first-order chi connectivity index (χ1) is 5.18. The molecular formula is C9H21NO. The number of ether oxygens (including phenoxy) is 1. The van der Waals surface area contributed by atoms with E-state index in [1.54, 1.807) is 7.11 Å². The maximum absolute atomic E-state index is 5.57. The van der Waals surface area contributed by atoms with Crippen LogP contribution in [0.3, 0.4) is 0 Å². The Morgan fingerprint density at radius 2 is 2.00 bits per heavy atom. The highest BCUT2D eigenvalue weighted by atomic mass is 16.5. The third kappa shape index (κ3) is 4.38. The molecule has 0 fully saturated rings. The summed E-state index contributed by atoms with van der Waals surface area (Å²) in [6.07, 6.45) is 4.83. The highest BCUT2D eigenvalue weighted by molar-refractivity contribution is 4.74. The van der Waals surface area contributed by atoms with Crippen molar-refractivity contribution in [2.75, 3.05) is 13.7 Å². The molecule has 0 radical (unpaired) electrons. The molecule has 68 valence electrons. The number of hydrogen-bond acceptors (Lipinski definition) is 2. The first-order valence-electron chi connectivity index (χ1n) is 4.43. The SMILES string of the molecule is CCCCC[C@@](C)(CN)OC. The third-order valence-corrected chi connectivity index (χ3v) is 2.23. The van der Waals surface area contributed by atoms with Gasteiger partial charge in [-0.15, -0.1) is 0 Å². The van der Waals surface area contributed by atoms with Gasteiger partial charge in [0.15, 0.2) is 0 Å². The molecule has 0 aliphatic carbocycles. The Hall–Kier alpha value is -0.0800. The van der Waals surface area contributed by atoms with Gasteiger partial charge in [-0.25, -0.2) is 0 Å². The van der Waals surface area contributed by atoms with Crippen molar-refractivity contribution in [1.82, 2.24) is 0 Å². The van der Waals surface area contributed by atoms with Crippen molar-refractivity contribution < 1.29 is 4.74 Å². The molecule has 0 saturated carbocycles. The van der Waals surface area contributed by atoms with E-state index in [1.807, 2.05) is 0 Å². The third-order valence-electron chi connectivity index (χ3n) is 2.23. The summed E-state index contributed by atoms with van der Waals surface area (Å²) in [5.41, 5.74) is 5.49. The van der Waals surface area contributed by atoms with E-state index in [2.05, 4.69) is 13.8 Å². The summed E-state index contributed by atoms with van der Waals surface area (Å²) in [7, 11) is 1.73. The Bertz CT molecular complexity index is 89.6. The van der Waals surface area contributed by atoms with Crippen LogP contribution >= 0.6 is 0 Å². The van der Waals surface area contributed by atoms with Crippen LogP contribution in [0.1, 0.15) is 39.5 Å². The minimum Gasteiger partial charge on any atom is -0.377 e. The van der Waals surface area contributed by atoms with E-state index in [-0.39, 0.29) is 5.60 Å². The molecule has 0 rings (SSSR count). The van der Waals surface area contributed by atoms with Gasteiger partial charge in [0.05, 0.1) is 5.60 Å². The van der Waals surface area contributed by atoms with Crippen LogP contribution in [0.4, 0.5) is 0 Å². The average Bonchev–Trinajstić information content (AvgIpc) is 2.05. The van der Waals surface area contributed by atoms with Crippen LogP contribution in [0.2, 0.25) is 0 Å². The lowest BCUT2D eigenvalue weighted by Crippen LogP contribution is -2.36. The fourth-order valence-corrected chi connectivity index (χ4v) is 1.04. The minimum absolute atomic E-state index is 0.0881. The zero-order chi connectivity index (χ0) is 8.74. The molecule has 0 unspecified atom stereocenters. The Morgan fingerprint density at radius 1 is 1.36 bits per heavy atom. The quantitative estimate of drug-likeness (QED) is 0.601. The van der Waals surface area contributed by atoms with E-state index in [9.17, 15) is 0 Å². The second kappa shape index (κ2) is 5.56. The first-order valence-corrected chi connectivity index (χ1v) is 4.43. The molecule has 0 spiro atoms. The maximum atomic E-state index is 5.57. The van der Waals surface area contributed by atoms with Gasteiger partial charge in [-0.2, -0.15) is 0 Å². The molecule has 1 atom stereocenters. The molecule has 2 heteroatoms. The fraction of sp³-hybridized carbons (Fsp3) is 1.00. The molecule has 2 N–H and O–H groups in total. The molecule has 11 heavy (non-hydrogen) atoms. The highest BCUT2D eigenvalue weighted by Gasteiger charge is 2.19. The molecule has 0 aromatic rings. The van der Waals surface area contributed by atoms with Gasteiger partial charge in [0.2, 0.25) is 0 Å². The molecule has 2 nitrogen and oxygen atoms in total. The van der Waals surface area contributed by atoms with E-state index in [0.29, 0.717) is 6.54 Å². The van der Waals surface area contributed by atoms with Crippen LogP contribution < -0.4 is 5.73 Å². The standard InChI is InChI=1S/C9H21NO/c1-4-5-6-7-9(2,8-10)11-3/h4-8,10H2,1-3H3/t9-/m0/s1. The molecule has 0 aliphatic heterocycles. The zero-order valence-electron chi connectivity index (χ0n) is 8.02. The maximum Gasteiger partial charge on any atom is 0.0772 e. The van der Waals surface area contributed by atoms with Crippen molar-refractivity contribution >= 4 is 0 Å². The van der Waals surface area contributed by atoms with E-state index in [1.165, 1.54) is 19.3 Å². The van der Waals surface area contributed by atoms with E-state index in [0.717, 1.165) is 6.42 Å². The van der Waals surface area contributed by atoms with Gasteiger partial charge in [0.25, 0.3) is 0 Å². The van der Waals surface area contributed by atoms with Crippen LogP contribution in [0.15, 0.2) is 0 Å². The van der Waals surface area contributed by atoms with Gasteiger partial charge < -0.3 is 10.5 Å². The van der Waals surface area contributed by atoms with Crippen LogP contribution in [-0.4, -0.2) is 19.3 Å². The number of hydrogen-bond donors (Lipinski definition) is 1. The van der Waals surface area contributed by atoms with E-state index < -0.39 is 0 Å². The molecule has 0 heterocycles. The van der Waals surface area contributed by atoms with Gasteiger partial charge in [0, 0.05) is 13.7 Å². The van der Waals surface area contributed by atoms with E-state index in [4.69, 9.17) is 10.5 Å². The summed E-state index contributed by atoms with van der Waals surface area (Å²) < 4.78 is 5.31. The zero-order valence-corrected chi connectivity index (χ0v) is 8.02. The van der Waals surface area contributed by atoms with Gasteiger partial charge in [-0.1, -0.05) is 26.2 Å². The Morgan fingerprint density at radius 3 is 2.36 bits per heavy atom. The molecular weight excluding hydrogens is 138 g/mol. The summed E-state index contributed by atoms with van der Waals surface area (Å²) in [4.78, 5) is 0. The summed E-state index contributed by atoms with van der Waals surface area (Å²) in [6, 6.07) is 0. The second-order valence-corrected chi connectivity index (χ2v) is 3.32. The second-order valence-electron chi connectivity index (χ2n) is 3.32. The Labute approximate surface area is 70.1 Å². The van der Waals surface area contributed by atoms with Crippen LogP contribution in [0.25, 0.3) is 0 Å². The van der Waals surface area contributed by atoms with Crippen molar-refractivity contribution in [2.24, 2.45) is 5.73 Å². The minimum atomic E-state index is -0.0881. The largest absolute Gasteiger partial charge is 0.377 e. The lowest BCUT2D eigenvalue weighted by Gasteiger charge is -2.26. The number of nitrogens with two attached hydrogens (primary N) is 1. The van der Waals surface area contributed by atoms with Gasteiger partial charge >= 0.3 is 0 Å². The van der Waals surface area contributed by atoms with Crippen LogP contribution in [0, 0.1) is 0 Å². The van der Waals surface area contributed by atoms with Gasteiger partial charge in [0.1, 0.15) is 0 Å². The summed E-state index contributed by atoms with van der Waals surface area (Å²) in [5, 5.41) is 0. The molecule has 0 aromatic carbocycles.